The van der Waals surface area contributed by atoms with Gasteiger partial charge in [-0.2, -0.15) is 0 Å². The standard InChI is InChI=1S/C23H24NO2/c1-14-10-17(11-15(2)22(14)25)12-21(24)23(26)16(3)19-9-8-18-6-4-5-7-20(18)13-19/h4-11,13,16,21,24-25H,12H2,1-3H3/t16-,21+/m1/s1. The number of ketones is 1. The highest BCUT2D eigenvalue weighted by molar-refractivity contribution is 5.92. The predicted octanol–water partition coefficient (Wildman–Crippen LogP) is 4.73. The van der Waals surface area contributed by atoms with Gasteiger partial charge in [-0.1, -0.05) is 61.5 Å². The Morgan fingerprint density at radius 1 is 1.00 bits per heavy atom. The minimum absolute atomic E-state index is 0.0799. The molecule has 3 nitrogen and oxygen atoms in total. The summed E-state index contributed by atoms with van der Waals surface area (Å²) >= 11 is 0. The quantitative estimate of drug-likeness (QED) is 0.726. The molecule has 3 heteroatoms. The molecular weight excluding hydrogens is 322 g/mol. The first-order chi connectivity index (χ1) is 12.4. The summed E-state index contributed by atoms with van der Waals surface area (Å²) in [7, 11) is 0. The van der Waals surface area contributed by atoms with Gasteiger partial charge in [0.1, 0.15) is 5.75 Å². The third-order valence-corrected chi connectivity index (χ3v) is 5.03. The zero-order valence-corrected chi connectivity index (χ0v) is 15.4. The molecular formula is C23H24NO2. The van der Waals surface area contributed by atoms with Gasteiger partial charge >= 0.3 is 0 Å². The van der Waals surface area contributed by atoms with Gasteiger partial charge in [0, 0.05) is 5.92 Å². The van der Waals surface area contributed by atoms with Crippen LogP contribution in [0.4, 0.5) is 0 Å². The number of aryl methyl sites for hydroxylation is 2. The van der Waals surface area contributed by atoms with Crippen molar-refractivity contribution in [1.29, 1.82) is 0 Å². The minimum Gasteiger partial charge on any atom is -0.507 e. The van der Waals surface area contributed by atoms with E-state index in [0.29, 0.717) is 6.42 Å². The van der Waals surface area contributed by atoms with Gasteiger partial charge in [-0.25, -0.2) is 5.73 Å². The topological polar surface area (TPSA) is 61.1 Å². The lowest BCUT2D eigenvalue weighted by atomic mass is 9.88. The summed E-state index contributed by atoms with van der Waals surface area (Å²) < 4.78 is 0. The molecule has 0 spiro atoms. The van der Waals surface area contributed by atoms with Crippen molar-refractivity contribution in [1.82, 2.24) is 5.73 Å². The van der Waals surface area contributed by atoms with Gasteiger partial charge in [0.15, 0.2) is 5.78 Å². The maximum Gasteiger partial charge on any atom is 0.158 e. The van der Waals surface area contributed by atoms with Crippen molar-refractivity contribution < 1.29 is 9.90 Å². The fraction of sp³-hybridized carbons (Fsp3) is 0.261. The number of Topliss-reactive ketones (excluding diaryl/α,β-unsaturated/α-hetero) is 1. The van der Waals surface area contributed by atoms with Gasteiger partial charge < -0.3 is 5.11 Å². The number of fused-ring (bicyclic) bond motifs is 1. The molecule has 2 atom stereocenters. The third-order valence-electron chi connectivity index (χ3n) is 5.03. The normalized spacial score (nSPS) is 13.5. The lowest BCUT2D eigenvalue weighted by Crippen LogP contribution is -2.29. The number of hydrogen-bond donors (Lipinski definition) is 1. The van der Waals surface area contributed by atoms with Crippen molar-refractivity contribution in [3.05, 3.63) is 76.9 Å². The smallest absolute Gasteiger partial charge is 0.158 e. The Bertz CT molecular complexity index is 938. The molecule has 0 saturated carbocycles. The monoisotopic (exact) mass is 346 g/mol. The molecule has 3 rings (SSSR count). The molecule has 0 aliphatic carbocycles. The largest absolute Gasteiger partial charge is 0.507 e. The molecule has 0 amide bonds. The lowest BCUT2D eigenvalue weighted by molar-refractivity contribution is -0.121. The first-order valence-corrected chi connectivity index (χ1v) is 8.89. The number of carbonyl (C=O) groups is 1. The molecule has 0 heterocycles. The highest BCUT2D eigenvalue weighted by atomic mass is 16.3. The van der Waals surface area contributed by atoms with Gasteiger partial charge in [-0.05, 0) is 53.3 Å². The van der Waals surface area contributed by atoms with E-state index in [1.807, 2.05) is 75.4 Å². The predicted molar refractivity (Wildman–Crippen MR) is 106 cm³/mol. The van der Waals surface area contributed by atoms with Gasteiger partial charge in [-0.15, -0.1) is 0 Å². The summed E-state index contributed by atoms with van der Waals surface area (Å²) in [6, 6.07) is 17.0. The Kier molecular flexibility index (Phi) is 5.10. The average molecular weight is 346 g/mol. The Hall–Kier alpha value is -2.65. The van der Waals surface area contributed by atoms with E-state index >= 15 is 0 Å². The van der Waals surface area contributed by atoms with Gasteiger partial charge in [0.05, 0.1) is 6.04 Å². The Labute approximate surface area is 154 Å². The maximum atomic E-state index is 12.8. The molecule has 0 aliphatic rings. The maximum absolute atomic E-state index is 12.8. The lowest BCUT2D eigenvalue weighted by Gasteiger charge is -2.17. The second-order valence-corrected chi connectivity index (χ2v) is 7.07. The molecule has 26 heavy (non-hydrogen) atoms. The van der Waals surface area contributed by atoms with E-state index in [9.17, 15) is 9.90 Å². The SMILES string of the molecule is Cc1cc(C[C@H]([NH])C(=O)[C@H](C)c2ccc3ccccc3c2)cc(C)c1O. The van der Waals surface area contributed by atoms with Crippen LogP contribution < -0.4 is 5.73 Å². The van der Waals surface area contributed by atoms with E-state index in [0.717, 1.165) is 33.0 Å². The Morgan fingerprint density at radius 3 is 2.27 bits per heavy atom. The van der Waals surface area contributed by atoms with Gasteiger partial charge in [0.25, 0.3) is 0 Å². The Balaban J connectivity index is 1.78. The van der Waals surface area contributed by atoms with Crippen molar-refractivity contribution in [2.45, 2.75) is 39.2 Å². The minimum atomic E-state index is -0.820. The number of phenolic OH excluding ortho intramolecular Hbond substituents is 1. The van der Waals surface area contributed by atoms with E-state index in [-0.39, 0.29) is 17.5 Å². The van der Waals surface area contributed by atoms with E-state index in [1.165, 1.54) is 0 Å². The highest BCUT2D eigenvalue weighted by Gasteiger charge is 2.23. The first-order valence-electron chi connectivity index (χ1n) is 8.89. The highest BCUT2D eigenvalue weighted by Crippen LogP contribution is 2.26. The molecule has 0 saturated heterocycles. The number of phenols is 1. The fourth-order valence-electron chi connectivity index (χ4n) is 3.44. The van der Waals surface area contributed by atoms with Crippen LogP contribution in [0.5, 0.6) is 5.75 Å². The van der Waals surface area contributed by atoms with Gasteiger partial charge in [0.2, 0.25) is 0 Å². The molecule has 133 valence electrons. The van der Waals surface area contributed by atoms with Crippen LogP contribution >= 0.6 is 0 Å². The Morgan fingerprint density at radius 2 is 1.62 bits per heavy atom. The van der Waals surface area contributed by atoms with Crippen LogP contribution in [0.1, 0.15) is 35.1 Å². The second-order valence-electron chi connectivity index (χ2n) is 7.07. The number of rotatable bonds is 5. The van der Waals surface area contributed by atoms with Crippen LogP contribution in [0.15, 0.2) is 54.6 Å². The average Bonchev–Trinajstić information content (AvgIpc) is 2.64. The van der Waals surface area contributed by atoms with Crippen LogP contribution in [0.25, 0.3) is 10.8 Å². The van der Waals surface area contributed by atoms with Crippen LogP contribution in [0.3, 0.4) is 0 Å². The van der Waals surface area contributed by atoms with Crippen LogP contribution in [-0.4, -0.2) is 16.9 Å². The summed E-state index contributed by atoms with van der Waals surface area (Å²) in [6.07, 6.45) is 0.360. The summed E-state index contributed by atoms with van der Waals surface area (Å²) in [4.78, 5) is 12.8. The summed E-state index contributed by atoms with van der Waals surface area (Å²) in [6.45, 7) is 5.55. The van der Waals surface area contributed by atoms with Crippen molar-refractivity contribution in [2.24, 2.45) is 0 Å². The van der Waals surface area contributed by atoms with Crippen molar-refractivity contribution >= 4 is 16.6 Å². The molecule has 3 aromatic rings. The summed E-state index contributed by atoms with van der Waals surface area (Å²) in [5, 5.41) is 12.1. The van der Waals surface area contributed by atoms with E-state index < -0.39 is 6.04 Å². The molecule has 0 aliphatic heterocycles. The summed E-state index contributed by atoms with van der Waals surface area (Å²) in [5.41, 5.74) is 11.8. The van der Waals surface area contributed by atoms with Crippen molar-refractivity contribution in [3.63, 3.8) is 0 Å². The zero-order valence-electron chi connectivity index (χ0n) is 15.4. The third kappa shape index (κ3) is 3.63. The van der Waals surface area contributed by atoms with Crippen LogP contribution in [-0.2, 0) is 11.2 Å². The molecule has 0 fully saturated rings. The number of aromatic hydroxyl groups is 1. The molecule has 0 aromatic heterocycles. The number of hydrogen-bond acceptors (Lipinski definition) is 2. The van der Waals surface area contributed by atoms with E-state index in [2.05, 4.69) is 0 Å². The number of carbonyl (C=O) groups excluding carboxylic acids is 1. The van der Waals surface area contributed by atoms with Gasteiger partial charge in [-0.3, -0.25) is 4.79 Å². The first kappa shape index (κ1) is 18.2. The molecule has 1 radical (unpaired) electrons. The molecule has 0 bridgehead atoms. The second kappa shape index (κ2) is 7.30. The zero-order chi connectivity index (χ0) is 18.8. The number of benzene rings is 3. The van der Waals surface area contributed by atoms with Crippen LogP contribution in [0.2, 0.25) is 0 Å². The van der Waals surface area contributed by atoms with Crippen LogP contribution in [0, 0.1) is 13.8 Å². The van der Waals surface area contributed by atoms with Crippen molar-refractivity contribution in [2.75, 3.05) is 0 Å². The fourth-order valence-corrected chi connectivity index (χ4v) is 3.44. The van der Waals surface area contributed by atoms with Crippen molar-refractivity contribution in [3.8, 4) is 5.75 Å². The number of nitrogens with one attached hydrogen (secondary N) is 1. The molecule has 3 aromatic carbocycles. The van der Waals surface area contributed by atoms with E-state index in [1.54, 1.807) is 0 Å². The molecule has 0 unspecified atom stereocenters. The molecule has 2 N–H and O–H groups in total. The summed E-state index contributed by atoms with van der Waals surface area (Å²) in [5.74, 6) is -0.115. The van der Waals surface area contributed by atoms with E-state index in [4.69, 9.17) is 5.73 Å².